The zero-order chi connectivity index (χ0) is 11.5. The Morgan fingerprint density at radius 1 is 1.19 bits per heavy atom. The van der Waals surface area contributed by atoms with Crippen LogP contribution in [0.2, 0.25) is 0 Å². The average molecular weight is 237 g/mol. The van der Waals surface area contributed by atoms with Crippen LogP contribution in [0, 0.1) is 23.9 Å². The van der Waals surface area contributed by atoms with E-state index in [0.717, 1.165) is 18.0 Å². The zero-order valence-electron chi connectivity index (χ0n) is 10.4. The molecule has 0 bridgehead atoms. The lowest BCUT2D eigenvalue weighted by molar-refractivity contribution is 0.395. The summed E-state index contributed by atoms with van der Waals surface area (Å²) >= 11 is 2.00. The highest BCUT2D eigenvalue weighted by molar-refractivity contribution is 7.99. The summed E-state index contributed by atoms with van der Waals surface area (Å²) in [6.07, 6.45) is 10.9. The van der Waals surface area contributed by atoms with E-state index in [-0.39, 0.29) is 0 Å². The molecule has 1 aliphatic heterocycles. The van der Waals surface area contributed by atoms with Crippen LogP contribution < -0.4 is 0 Å². The van der Waals surface area contributed by atoms with Crippen LogP contribution in [-0.2, 0) is 0 Å². The van der Waals surface area contributed by atoms with Gasteiger partial charge in [-0.05, 0) is 30.9 Å². The van der Waals surface area contributed by atoms with Crippen molar-refractivity contribution in [2.75, 3.05) is 6.26 Å². The van der Waals surface area contributed by atoms with Crippen molar-refractivity contribution in [3.63, 3.8) is 0 Å². The molecule has 0 aromatic rings. The molecule has 0 spiro atoms. The lowest BCUT2D eigenvalue weighted by Gasteiger charge is -2.26. The van der Waals surface area contributed by atoms with Crippen molar-refractivity contribution in [2.24, 2.45) is 27.7 Å². The summed E-state index contributed by atoms with van der Waals surface area (Å²) in [5.74, 6) is 2.14. The summed E-state index contributed by atoms with van der Waals surface area (Å²) < 4.78 is 0. The third-order valence-electron chi connectivity index (χ3n) is 3.81. The standard InChI is InChI=1S/C13H21N2S/c1-9-4-5-10(2)12(16-3)11(8-9)13-14-6-7-15-13/h6-7,9-12H,4-5,8H2,1-3H3/q+1. The summed E-state index contributed by atoms with van der Waals surface area (Å²) in [7, 11) is 0. The summed E-state index contributed by atoms with van der Waals surface area (Å²) in [5.41, 5.74) is 0. The van der Waals surface area contributed by atoms with Crippen LogP contribution in [0.4, 0.5) is 0 Å². The van der Waals surface area contributed by atoms with Crippen molar-refractivity contribution in [2.45, 2.75) is 38.4 Å². The molecule has 0 aromatic heterocycles. The Morgan fingerprint density at radius 3 is 2.50 bits per heavy atom. The van der Waals surface area contributed by atoms with E-state index in [1.54, 1.807) is 0 Å². The van der Waals surface area contributed by atoms with Crippen LogP contribution >= 0.6 is 11.8 Å². The molecule has 1 saturated carbocycles. The van der Waals surface area contributed by atoms with E-state index in [1.165, 1.54) is 19.3 Å². The molecule has 88 valence electrons. The van der Waals surface area contributed by atoms with Crippen molar-refractivity contribution in [3.8, 4) is 0 Å². The van der Waals surface area contributed by atoms with E-state index in [2.05, 4.69) is 30.1 Å². The molecule has 2 nitrogen and oxygen atoms in total. The second-order valence-electron chi connectivity index (χ2n) is 5.12. The third kappa shape index (κ3) is 2.45. The quantitative estimate of drug-likeness (QED) is 0.533. The zero-order valence-corrected chi connectivity index (χ0v) is 11.2. The van der Waals surface area contributed by atoms with E-state index in [1.807, 2.05) is 24.2 Å². The Bertz CT molecular complexity index is 276. The second-order valence-corrected chi connectivity index (χ2v) is 6.13. The molecule has 0 N–H and O–H groups in total. The number of aliphatic imine (C=N–C) groups is 2. The molecule has 1 aliphatic carbocycles. The van der Waals surface area contributed by atoms with Gasteiger partial charge in [0.05, 0.1) is 5.92 Å². The van der Waals surface area contributed by atoms with Crippen molar-refractivity contribution in [1.82, 2.24) is 0 Å². The highest BCUT2D eigenvalue weighted by atomic mass is 32.2. The van der Waals surface area contributed by atoms with Crippen LogP contribution in [-0.4, -0.2) is 23.9 Å². The number of nitrogens with zero attached hydrogens (tertiary/aromatic N) is 2. The normalized spacial score (nSPS) is 39.1. The maximum Gasteiger partial charge on any atom is 0.244 e. The molecule has 4 unspecified atom stereocenters. The van der Waals surface area contributed by atoms with E-state index < -0.39 is 0 Å². The molecule has 2 aliphatic rings. The first-order valence-corrected chi connectivity index (χ1v) is 7.47. The maximum absolute atomic E-state index is 4.42. The van der Waals surface area contributed by atoms with Crippen LogP contribution in [0.3, 0.4) is 0 Å². The highest BCUT2D eigenvalue weighted by Gasteiger charge is 2.40. The molecule has 0 radical (unpaired) electrons. The lowest BCUT2D eigenvalue weighted by Crippen LogP contribution is -2.26. The highest BCUT2D eigenvalue weighted by Crippen LogP contribution is 2.42. The Morgan fingerprint density at radius 2 is 1.88 bits per heavy atom. The molecule has 2 rings (SSSR count). The van der Waals surface area contributed by atoms with Gasteiger partial charge in [-0.2, -0.15) is 11.8 Å². The minimum atomic E-state index is 0.553. The molecule has 0 aromatic carbocycles. The number of hydrogen-bond acceptors (Lipinski definition) is 3. The molecule has 4 atom stereocenters. The molecule has 0 saturated heterocycles. The predicted octanol–water partition coefficient (Wildman–Crippen LogP) is 3.43. The van der Waals surface area contributed by atoms with Crippen molar-refractivity contribution < 1.29 is 0 Å². The summed E-state index contributed by atoms with van der Waals surface area (Å²) in [5, 5.41) is 0.687. The average Bonchev–Trinajstić information content (AvgIpc) is 2.74. The molecule has 16 heavy (non-hydrogen) atoms. The number of hydrogen-bond donors (Lipinski definition) is 0. The van der Waals surface area contributed by atoms with Crippen molar-refractivity contribution >= 4 is 24.2 Å². The fourth-order valence-corrected chi connectivity index (χ4v) is 4.05. The Hall–Kier alpha value is -0.440. The molecule has 1 heterocycles. The van der Waals surface area contributed by atoms with Crippen LogP contribution in [0.15, 0.2) is 9.98 Å². The monoisotopic (exact) mass is 237 g/mol. The fourth-order valence-electron chi connectivity index (χ4n) is 2.89. The van der Waals surface area contributed by atoms with Crippen LogP contribution in [0.1, 0.15) is 33.1 Å². The van der Waals surface area contributed by atoms with Gasteiger partial charge in [0.1, 0.15) is 0 Å². The minimum absolute atomic E-state index is 0.553. The summed E-state index contributed by atoms with van der Waals surface area (Å²) in [6, 6.07) is 0. The van der Waals surface area contributed by atoms with Gasteiger partial charge in [-0.25, -0.2) is 0 Å². The molecule has 3 heteroatoms. The van der Waals surface area contributed by atoms with Crippen molar-refractivity contribution in [1.29, 1.82) is 0 Å². The third-order valence-corrected chi connectivity index (χ3v) is 5.15. The van der Waals surface area contributed by atoms with E-state index in [0.29, 0.717) is 11.2 Å². The molecule has 0 amide bonds. The van der Waals surface area contributed by atoms with Gasteiger partial charge in [-0.15, -0.1) is 0 Å². The van der Waals surface area contributed by atoms with Gasteiger partial charge < -0.3 is 0 Å². The molecule has 1 fully saturated rings. The Labute approximate surface area is 103 Å². The first kappa shape index (κ1) is 12.0. The molecular formula is C13H21N2S+. The minimum Gasteiger partial charge on any atom is -0.160 e. The molecular weight excluding hydrogens is 216 g/mol. The first-order chi connectivity index (χ1) is 7.72. The van der Waals surface area contributed by atoms with Crippen LogP contribution in [0.5, 0.6) is 0 Å². The number of thioether (sulfide) groups is 1. The van der Waals surface area contributed by atoms with Gasteiger partial charge in [0.2, 0.25) is 6.17 Å². The van der Waals surface area contributed by atoms with E-state index in [4.69, 9.17) is 0 Å². The largest absolute Gasteiger partial charge is 0.244 e. The van der Waals surface area contributed by atoms with Gasteiger partial charge in [0.25, 0.3) is 0 Å². The van der Waals surface area contributed by atoms with Crippen molar-refractivity contribution in [3.05, 3.63) is 6.17 Å². The lowest BCUT2D eigenvalue weighted by atomic mass is 9.90. The van der Waals surface area contributed by atoms with Crippen LogP contribution in [0.25, 0.3) is 0 Å². The van der Waals surface area contributed by atoms with E-state index in [9.17, 15) is 0 Å². The van der Waals surface area contributed by atoms with Gasteiger partial charge in [0.15, 0.2) is 12.4 Å². The fraction of sp³-hybridized carbons (Fsp3) is 0.769. The predicted molar refractivity (Wildman–Crippen MR) is 73.2 cm³/mol. The van der Waals surface area contributed by atoms with Gasteiger partial charge in [0, 0.05) is 5.25 Å². The van der Waals surface area contributed by atoms with E-state index >= 15 is 0 Å². The topological polar surface area (TPSA) is 24.7 Å². The first-order valence-electron chi connectivity index (χ1n) is 6.18. The Kier molecular flexibility index (Phi) is 3.95. The summed E-state index contributed by atoms with van der Waals surface area (Å²) in [4.78, 5) is 8.85. The SMILES string of the molecule is CSC1C(C)CCC(C)CC1[C+]1N=CC=N1. The van der Waals surface area contributed by atoms with Gasteiger partial charge >= 0.3 is 0 Å². The Balaban J connectivity index is 2.15. The smallest absolute Gasteiger partial charge is 0.160 e. The second kappa shape index (κ2) is 5.26. The van der Waals surface area contributed by atoms with Gasteiger partial charge in [-0.3, -0.25) is 0 Å². The number of rotatable bonds is 2. The maximum atomic E-state index is 4.42. The van der Waals surface area contributed by atoms with Gasteiger partial charge in [-0.1, -0.05) is 30.3 Å². The summed E-state index contributed by atoms with van der Waals surface area (Å²) in [6.45, 7) is 4.75.